The fraction of sp³-hybridized carbons (Fsp3) is 0.706. The molecule has 8 nitrogen and oxygen atoms in total. The Bertz CT molecular complexity index is 678. The summed E-state index contributed by atoms with van der Waals surface area (Å²) in [6, 6.07) is 0. The highest BCUT2D eigenvalue weighted by atomic mass is 19.4. The van der Waals surface area contributed by atoms with E-state index in [1.54, 1.807) is 0 Å². The molecule has 2 saturated heterocycles. The highest BCUT2D eigenvalue weighted by Gasteiger charge is 2.40. The number of carbonyl (C=O) groups excluding carboxylic acids is 1. The van der Waals surface area contributed by atoms with Crippen LogP contribution >= 0.6 is 0 Å². The fourth-order valence-corrected chi connectivity index (χ4v) is 3.44. The zero-order valence-electron chi connectivity index (χ0n) is 15.1. The van der Waals surface area contributed by atoms with Crippen molar-refractivity contribution in [3.05, 3.63) is 18.4 Å². The number of aliphatic carboxylic acids is 1. The molecule has 1 N–H and O–H groups in total. The van der Waals surface area contributed by atoms with Gasteiger partial charge in [-0.25, -0.2) is 9.78 Å². The third kappa shape index (κ3) is 5.44. The number of likely N-dealkylation sites (tertiary alicyclic amines) is 1. The van der Waals surface area contributed by atoms with Crippen molar-refractivity contribution >= 4 is 11.9 Å². The number of fused-ring (bicyclic) bond motifs is 1. The molecule has 3 aliphatic rings. The maximum atomic E-state index is 12.3. The van der Waals surface area contributed by atoms with Crippen LogP contribution in [-0.2, 0) is 9.53 Å². The van der Waals surface area contributed by atoms with Crippen LogP contribution < -0.4 is 0 Å². The summed E-state index contributed by atoms with van der Waals surface area (Å²) in [7, 11) is 0. The number of aromatic nitrogens is 1. The Morgan fingerprint density at radius 1 is 1.25 bits per heavy atom. The molecule has 1 amide bonds. The predicted octanol–water partition coefficient (Wildman–Crippen LogP) is 1.49. The van der Waals surface area contributed by atoms with Crippen LogP contribution in [0.25, 0.3) is 0 Å². The third-order valence-corrected chi connectivity index (χ3v) is 5.01. The normalized spacial score (nSPS) is 25.5. The molecule has 1 aliphatic carbocycles. The first-order chi connectivity index (χ1) is 13.2. The molecule has 4 rings (SSSR count). The SMILES string of the molecule is O=C(O)C(F)(F)F.O=C(c1cocn1)N1C[C@@H]2CN(CC3CC3)CCO[C@@H]2C1. The lowest BCUT2D eigenvalue weighted by Crippen LogP contribution is -2.35. The van der Waals surface area contributed by atoms with Gasteiger partial charge < -0.3 is 24.1 Å². The molecule has 0 radical (unpaired) electrons. The Morgan fingerprint density at radius 3 is 2.54 bits per heavy atom. The van der Waals surface area contributed by atoms with Crippen molar-refractivity contribution in [2.75, 3.05) is 39.3 Å². The summed E-state index contributed by atoms with van der Waals surface area (Å²) in [5.74, 6) is -1.49. The van der Waals surface area contributed by atoms with Crippen molar-refractivity contribution in [1.82, 2.24) is 14.8 Å². The van der Waals surface area contributed by atoms with E-state index < -0.39 is 12.1 Å². The molecule has 0 aromatic carbocycles. The van der Waals surface area contributed by atoms with Crippen molar-refractivity contribution < 1.29 is 37.0 Å². The molecular weight excluding hydrogens is 383 g/mol. The van der Waals surface area contributed by atoms with Gasteiger partial charge in [-0.2, -0.15) is 13.2 Å². The van der Waals surface area contributed by atoms with E-state index in [2.05, 4.69) is 9.88 Å². The number of halogens is 3. The molecule has 28 heavy (non-hydrogen) atoms. The lowest BCUT2D eigenvalue weighted by molar-refractivity contribution is -0.192. The summed E-state index contributed by atoms with van der Waals surface area (Å²) >= 11 is 0. The molecule has 3 heterocycles. The molecule has 3 fully saturated rings. The third-order valence-electron chi connectivity index (χ3n) is 5.01. The maximum absolute atomic E-state index is 12.3. The van der Waals surface area contributed by atoms with Crippen LogP contribution in [0.1, 0.15) is 23.3 Å². The molecule has 156 valence electrons. The van der Waals surface area contributed by atoms with Crippen molar-refractivity contribution in [1.29, 1.82) is 0 Å². The highest BCUT2D eigenvalue weighted by molar-refractivity contribution is 5.92. The van der Waals surface area contributed by atoms with E-state index in [1.807, 2.05) is 4.90 Å². The van der Waals surface area contributed by atoms with Gasteiger partial charge >= 0.3 is 12.1 Å². The number of hydrogen-bond acceptors (Lipinski definition) is 6. The summed E-state index contributed by atoms with van der Waals surface area (Å²) in [6.45, 7) is 5.49. The first kappa shape index (κ1) is 20.6. The number of amides is 1. The lowest BCUT2D eigenvalue weighted by atomic mass is 10.1. The highest BCUT2D eigenvalue weighted by Crippen LogP contribution is 2.31. The quantitative estimate of drug-likeness (QED) is 0.814. The van der Waals surface area contributed by atoms with Gasteiger partial charge in [0.15, 0.2) is 12.1 Å². The average Bonchev–Trinajstić information content (AvgIpc) is 3.16. The van der Waals surface area contributed by atoms with Crippen LogP contribution in [0.2, 0.25) is 0 Å². The van der Waals surface area contributed by atoms with Gasteiger partial charge in [-0.1, -0.05) is 0 Å². The second-order valence-corrected chi connectivity index (χ2v) is 7.26. The summed E-state index contributed by atoms with van der Waals surface area (Å²) in [5, 5.41) is 7.12. The Hall–Kier alpha value is -2.14. The topological polar surface area (TPSA) is 96.1 Å². The average molecular weight is 405 g/mol. The minimum atomic E-state index is -5.08. The zero-order chi connectivity index (χ0) is 20.3. The number of hydrogen-bond donors (Lipinski definition) is 1. The molecule has 2 atom stereocenters. The standard InChI is InChI=1S/C15H21N3O3.C2HF3O2/c19-15(13-9-20-10-16-13)18-7-12-6-17(5-11-1-2-11)3-4-21-14(12)8-18;3-2(4,5)1(6)7/h9-12,14H,1-8H2;(H,6,7)/t12-,14+;/m0./s1. The maximum Gasteiger partial charge on any atom is 0.490 e. The largest absolute Gasteiger partial charge is 0.490 e. The number of nitrogens with zero attached hydrogens (tertiary/aromatic N) is 3. The van der Waals surface area contributed by atoms with Crippen LogP contribution in [0.3, 0.4) is 0 Å². The van der Waals surface area contributed by atoms with Gasteiger partial charge in [-0.3, -0.25) is 4.79 Å². The van der Waals surface area contributed by atoms with Gasteiger partial charge in [0.2, 0.25) is 0 Å². The fourth-order valence-electron chi connectivity index (χ4n) is 3.44. The van der Waals surface area contributed by atoms with Crippen LogP contribution in [-0.4, -0.2) is 83.4 Å². The smallest absolute Gasteiger partial charge is 0.475 e. The van der Waals surface area contributed by atoms with Gasteiger partial charge in [-0.05, 0) is 18.8 Å². The van der Waals surface area contributed by atoms with Gasteiger partial charge in [-0.15, -0.1) is 0 Å². The molecule has 11 heteroatoms. The zero-order valence-corrected chi connectivity index (χ0v) is 15.1. The van der Waals surface area contributed by atoms with Crippen LogP contribution in [0, 0.1) is 11.8 Å². The number of rotatable bonds is 3. The number of carbonyl (C=O) groups is 2. The van der Waals surface area contributed by atoms with Crippen LogP contribution in [0.4, 0.5) is 13.2 Å². The van der Waals surface area contributed by atoms with Gasteiger partial charge in [0.05, 0.1) is 12.7 Å². The van der Waals surface area contributed by atoms with Gasteiger partial charge in [0.25, 0.3) is 5.91 Å². The molecular formula is C17H22F3N3O5. The van der Waals surface area contributed by atoms with Gasteiger partial charge in [0.1, 0.15) is 6.26 Å². The van der Waals surface area contributed by atoms with E-state index in [4.69, 9.17) is 19.1 Å². The molecule has 2 aliphatic heterocycles. The Balaban J connectivity index is 0.000000279. The predicted molar refractivity (Wildman–Crippen MR) is 88.5 cm³/mol. The van der Waals surface area contributed by atoms with Crippen molar-refractivity contribution in [2.45, 2.75) is 25.1 Å². The van der Waals surface area contributed by atoms with E-state index in [9.17, 15) is 18.0 Å². The summed E-state index contributed by atoms with van der Waals surface area (Å²) in [5.41, 5.74) is 0.390. The minimum Gasteiger partial charge on any atom is -0.475 e. The molecule has 1 saturated carbocycles. The Labute approximate surface area is 159 Å². The molecule has 1 aromatic rings. The van der Waals surface area contributed by atoms with E-state index in [1.165, 1.54) is 32.0 Å². The van der Waals surface area contributed by atoms with Crippen molar-refractivity contribution in [2.24, 2.45) is 11.8 Å². The second-order valence-electron chi connectivity index (χ2n) is 7.26. The first-order valence-corrected chi connectivity index (χ1v) is 9.05. The summed E-state index contributed by atoms with van der Waals surface area (Å²) < 4.78 is 42.6. The second kappa shape index (κ2) is 8.48. The molecule has 1 aromatic heterocycles. The molecule has 0 unspecified atom stereocenters. The summed E-state index contributed by atoms with van der Waals surface area (Å²) in [6.07, 6.45) is 0.557. The van der Waals surface area contributed by atoms with E-state index >= 15 is 0 Å². The van der Waals surface area contributed by atoms with Crippen molar-refractivity contribution in [3.8, 4) is 0 Å². The number of ether oxygens (including phenoxy) is 1. The van der Waals surface area contributed by atoms with E-state index in [-0.39, 0.29) is 12.0 Å². The van der Waals surface area contributed by atoms with E-state index in [0.29, 0.717) is 18.2 Å². The van der Waals surface area contributed by atoms with Gasteiger partial charge in [0, 0.05) is 38.6 Å². The number of carboxylic acids is 1. The monoisotopic (exact) mass is 405 g/mol. The first-order valence-electron chi connectivity index (χ1n) is 9.05. The number of oxazole rings is 1. The van der Waals surface area contributed by atoms with Crippen LogP contribution in [0.15, 0.2) is 17.1 Å². The Kier molecular flexibility index (Phi) is 6.23. The Morgan fingerprint density at radius 2 is 1.96 bits per heavy atom. The number of carboxylic acid groups (broad SMARTS) is 1. The minimum absolute atomic E-state index is 0.0471. The lowest BCUT2D eigenvalue weighted by Gasteiger charge is -2.23. The molecule has 0 bridgehead atoms. The van der Waals surface area contributed by atoms with Crippen LogP contribution in [0.5, 0.6) is 0 Å². The van der Waals surface area contributed by atoms with Crippen molar-refractivity contribution in [3.63, 3.8) is 0 Å². The summed E-state index contributed by atoms with van der Waals surface area (Å²) in [4.78, 5) is 29.6. The van der Waals surface area contributed by atoms with E-state index in [0.717, 1.165) is 32.2 Å². The molecule has 0 spiro atoms. The number of alkyl halides is 3.